The van der Waals surface area contributed by atoms with Crippen molar-refractivity contribution in [1.29, 1.82) is 0 Å². The molecule has 0 bridgehead atoms. The van der Waals surface area contributed by atoms with Gasteiger partial charge < -0.3 is 11.1 Å². The molecule has 5 N–H and O–H groups in total. The maximum atomic E-state index is 11.4. The molecule has 0 aliphatic rings. The summed E-state index contributed by atoms with van der Waals surface area (Å²) in [5.74, 6) is 0.267. The number of nitrogen functional groups attached to an aromatic ring is 1. The van der Waals surface area contributed by atoms with Crippen molar-refractivity contribution in [3.05, 3.63) is 54.1 Å². The van der Waals surface area contributed by atoms with Crippen molar-refractivity contribution in [3.8, 4) is 0 Å². The van der Waals surface area contributed by atoms with Gasteiger partial charge in [-0.3, -0.25) is 0 Å². The van der Waals surface area contributed by atoms with Crippen LogP contribution in [0.5, 0.6) is 0 Å². The van der Waals surface area contributed by atoms with Crippen molar-refractivity contribution in [2.45, 2.75) is 17.7 Å². The van der Waals surface area contributed by atoms with Gasteiger partial charge >= 0.3 is 0 Å². The molecule has 2 aromatic carbocycles. The second-order valence-electron chi connectivity index (χ2n) is 4.99. The van der Waals surface area contributed by atoms with E-state index in [1.165, 1.54) is 23.8 Å². The van der Waals surface area contributed by atoms with Gasteiger partial charge in [0.05, 0.1) is 16.3 Å². The molecule has 112 valence electrons. The Labute approximate surface area is 125 Å². The van der Waals surface area contributed by atoms with E-state index in [9.17, 15) is 8.42 Å². The van der Waals surface area contributed by atoms with Crippen LogP contribution in [0.15, 0.2) is 53.4 Å². The Balaban J connectivity index is 2.13. The predicted octanol–water partition coefficient (Wildman–Crippen LogP) is 2.13. The van der Waals surface area contributed by atoms with Crippen LogP contribution in [0.2, 0.25) is 0 Å². The van der Waals surface area contributed by atoms with E-state index in [4.69, 9.17) is 10.9 Å². The van der Waals surface area contributed by atoms with Gasteiger partial charge in [0.1, 0.15) is 0 Å². The number of nitrogens with two attached hydrogens (primary N) is 2. The number of rotatable bonds is 5. The minimum atomic E-state index is -3.73. The topological polar surface area (TPSA) is 98.2 Å². The molecule has 0 aromatic heterocycles. The van der Waals surface area contributed by atoms with Crippen molar-refractivity contribution in [1.82, 2.24) is 0 Å². The standard InChI is InChI=1S/C15H19N3O2S/c1-11(12-5-3-2-4-6-12)10-18-15-9-13(21(17,19)20)7-8-14(15)16/h2-9,11,18H,10,16H2,1H3,(H2,17,19,20). The summed E-state index contributed by atoms with van der Waals surface area (Å²) in [5.41, 5.74) is 8.12. The zero-order valence-electron chi connectivity index (χ0n) is 11.8. The first kappa shape index (κ1) is 15.3. The molecule has 0 aliphatic heterocycles. The van der Waals surface area contributed by atoms with Gasteiger partial charge in [-0.1, -0.05) is 37.3 Å². The van der Waals surface area contributed by atoms with Gasteiger partial charge in [0.15, 0.2) is 0 Å². The van der Waals surface area contributed by atoms with Crippen LogP contribution in [0.3, 0.4) is 0 Å². The van der Waals surface area contributed by atoms with Crippen LogP contribution in [0.4, 0.5) is 11.4 Å². The highest BCUT2D eigenvalue weighted by molar-refractivity contribution is 7.89. The van der Waals surface area contributed by atoms with E-state index < -0.39 is 10.0 Å². The van der Waals surface area contributed by atoms with Crippen LogP contribution in [-0.4, -0.2) is 15.0 Å². The first-order chi connectivity index (χ1) is 9.88. The Hall–Kier alpha value is -2.05. The van der Waals surface area contributed by atoms with E-state index in [2.05, 4.69) is 24.4 Å². The van der Waals surface area contributed by atoms with E-state index in [1.54, 1.807) is 0 Å². The third kappa shape index (κ3) is 3.96. The van der Waals surface area contributed by atoms with Gasteiger partial charge in [0, 0.05) is 6.54 Å². The van der Waals surface area contributed by atoms with Crippen LogP contribution in [0.1, 0.15) is 18.4 Å². The van der Waals surface area contributed by atoms with Gasteiger partial charge in [0.25, 0.3) is 0 Å². The van der Waals surface area contributed by atoms with E-state index in [0.29, 0.717) is 17.9 Å². The molecule has 0 saturated heterocycles. The summed E-state index contributed by atoms with van der Waals surface area (Å²) in [6.45, 7) is 2.73. The number of hydrogen-bond acceptors (Lipinski definition) is 4. The molecule has 0 radical (unpaired) electrons. The normalized spacial score (nSPS) is 12.9. The van der Waals surface area contributed by atoms with Crippen molar-refractivity contribution in [2.24, 2.45) is 5.14 Å². The van der Waals surface area contributed by atoms with Gasteiger partial charge in [-0.2, -0.15) is 0 Å². The van der Waals surface area contributed by atoms with Gasteiger partial charge in [-0.05, 0) is 29.7 Å². The molecule has 0 amide bonds. The number of sulfonamides is 1. The molecule has 0 spiro atoms. The van der Waals surface area contributed by atoms with Crippen molar-refractivity contribution >= 4 is 21.4 Å². The second-order valence-corrected chi connectivity index (χ2v) is 6.55. The molecule has 2 aromatic rings. The largest absolute Gasteiger partial charge is 0.397 e. The zero-order chi connectivity index (χ0) is 15.5. The maximum Gasteiger partial charge on any atom is 0.238 e. The van der Waals surface area contributed by atoms with Gasteiger partial charge in [0.2, 0.25) is 10.0 Å². The van der Waals surface area contributed by atoms with E-state index in [-0.39, 0.29) is 10.8 Å². The van der Waals surface area contributed by atoms with Crippen LogP contribution in [0.25, 0.3) is 0 Å². The van der Waals surface area contributed by atoms with Crippen LogP contribution < -0.4 is 16.2 Å². The molecule has 0 heterocycles. The Morgan fingerprint density at radius 2 is 1.81 bits per heavy atom. The van der Waals surface area contributed by atoms with Crippen molar-refractivity contribution in [3.63, 3.8) is 0 Å². The maximum absolute atomic E-state index is 11.4. The number of benzene rings is 2. The van der Waals surface area contributed by atoms with Crippen LogP contribution in [0, 0.1) is 0 Å². The minimum Gasteiger partial charge on any atom is -0.397 e. The predicted molar refractivity (Wildman–Crippen MR) is 85.6 cm³/mol. The smallest absolute Gasteiger partial charge is 0.238 e. The summed E-state index contributed by atoms with van der Waals surface area (Å²) in [7, 11) is -3.73. The molecular weight excluding hydrogens is 286 g/mol. The summed E-state index contributed by atoms with van der Waals surface area (Å²) in [4.78, 5) is 0.0477. The number of anilines is 2. The quantitative estimate of drug-likeness (QED) is 0.737. The molecule has 1 unspecified atom stereocenters. The summed E-state index contributed by atoms with van der Waals surface area (Å²) in [6.07, 6.45) is 0. The second kappa shape index (κ2) is 6.15. The minimum absolute atomic E-state index is 0.0477. The lowest BCUT2D eigenvalue weighted by atomic mass is 10.0. The zero-order valence-corrected chi connectivity index (χ0v) is 12.6. The van der Waals surface area contributed by atoms with Gasteiger partial charge in [-0.25, -0.2) is 13.6 Å². The molecule has 2 rings (SSSR count). The highest BCUT2D eigenvalue weighted by Gasteiger charge is 2.11. The molecule has 5 nitrogen and oxygen atoms in total. The number of nitrogens with one attached hydrogen (secondary N) is 1. The highest BCUT2D eigenvalue weighted by atomic mass is 32.2. The average molecular weight is 305 g/mol. The molecule has 6 heteroatoms. The molecule has 1 atom stereocenters. The van der Waals surface area contributed by atoms with Crippen molar-refractivity contribution in [2.75, 3.05) is 17.6 Å². The summed E-state index contributed by atoms with van der Waals surface area (Å²) in [5, 5.41) is 8.31. The number of primary sulfonamides is 1. The summed E-state index contributed by atoms with van der Waals surface area (Å²) < 4.78 is 22.7. The first-order valence-electron chi connectivity index (χ1n) is 6.59. The lowest BCUT2D eigenvalue weighted by molar-refractivity contribution is 0.598. The van der Waals surface area contributed by atoms with Crippen LogP contribution >= 0.6 is 0 Å². The lowest BCUT2D eigenvalue weighted by Crippen LogP contribution is -2.14. The van der Waals surface area contributed by atoms with E-state index in [1.807, 2.05) is 18.2 Å². The van der Waals surface area contributed by atoms with E-state index in [0.717, 1.165) is 0 Å². The Morgan fingerprint density at radius 1 is 1.14 bits per heavy atom. The third-order valence-electron chi connectivity index (χ3n) is 3.32. The molecule has 0 aliphatic carbocycles. The van der Waals surface area contributed by atoms with Crippen molar-refractivity contribution < 1.29 is 8.42 Å². The molecule has 21 heavy (non-hydrogen) atoms. The molecular formula is C15H19N3O2S. The SMILES string of the molecule is CC(CNc1cc(S(N)(=O)=O)ccc1N)c1ccccc1. The lowest BCUT2D eigenvalue weighted by Gasteiger charge is -2.16. The Kier molecular flexibility index (Phi) is 4.50. The first-order valence-corrected chi connectivity index (χ1v) is 8.13. The Morgan fingerprint density at radius 3 is 2.43 bits per heavy atom. The Bertz CT molecular complexity index is 715. The number of hydrogen-bond donors (Lipinski definition) is 3. The molecule has 0 saturated carbocycles. The summed E-state index contributed by atoms with van der Waals surface area (Å²) >= 11 is 0. The fourth-order valence-corrected chi connectivity index (χ4v) is 2.57. The fraction of sp³-hybridized carbons (Fsp3) is 0.200. The summed E-state index contributed by atoms with van der Waals surface area (Å²) in [6, 6.07) is 14.4. The average Bonchev–Trinajstić information content (AvgIpc) is 2.45. The van der Waals surface area contributed by atoms with Crippen LogP contribution in [-0.2, 0) is 10.0 Å². The monoisotopic (exact) mass is 305 g/mol. The fourth-order valence-electron chi connectivity index (χ4n) is 2.03. The van der Waals surface area contributed by atoms with Gasteiger partial charge in [-0.15, -0.1) is 0 Å². The highest BCUT2D eigenvalue weighted by Crippen LogP contribution is 2.23. The molecule has 0 fully saturated rings. The van der Waals surface area contributed by atoms with E-state index >= 15 is 0 Å². The third-order valence-corrected chi connectivity index (χ3v) is 4.23.